The first-order chi connectivity index (χ1) is 27.8. The maximum absolute atomic E-state index is 15.3. The maximum Gasteiger partial charge on any atom is 0.269 e. The first kappa shape index (κ1) is 40.5. The van der Waals surface area contributed by atoms with Gasteiger partial charge in [-0.25, -0.2) is 0 Å². The lowest BCUT2D eigenvalue weighted by Crippen LogP contribution is -2.51. The summed E-state index contributed by atoms with van der Waals surface area (Å²) in [5, 5.41) is 45.0. The molecule has 302 valence electrons. The van der Waals surface area contributed by atoms with Crippen LogP contribution < -0.4 is 20.1 Å². The van der Waals surface area contributed by atoms with Gasteiger partial charge in [-0.2, -0.15) is 0 Å². The van der Waals surface area contributed by atoms with E-state index in [0.717, 1.165) is 16.5 Å². The average Bonchev–Trinajstić information content (AvgIpc) is 3.88. The minimum absolute atomic E-state index is 0.101. The molecule has 7 rings (SSSR count). The van der Waals surface area contributed by atoms with Crippen molar-refractivity contribution in [1.82, 2.24) is 15.0 Å². The molecule has 0 saturated carbocycles. The highest BCUT2D eigenvalue weighted by molar-refractivity contribution is 6.91. The Labute approximate surface area is 337 Å². The SMILES string of the molecule is COc1ccc([Si](C)(C)[C@H]2[C@H](CCn3cc(C(CO)c4ccccc4)nn3)O[C@@]3(C(=O)N(Cc4cccc(NC(=O)[C@H](C)O)c4)c4ccc([N+](=O)[O-])cc43)[C@@H]2C)cc1. The van der Waals surface area contributed by atoms with Crippen LogP contribution in [0.2, 0.25) is 18.6 Å². The molecular formula is C43H48N6O8Si. The molecule has 0 bridgehead atoms. The van der Waals surface area contributed by atoms with Gasteiger partial charge in [0.05, 0.1) is 56.7 Å². The first-order valence-corrected chi connectivity index (χ1v) is 22.4. The van der Waals surface area contributed by atoms with Crippen molar-refractivity contribution in [2.24, 2.45) is 5.92 Å². The number of anilines is 2. The second kappa shape index (κ2) is 16.3. The topological polar surface area (TPSA) is 182 Å². The fraction of sp³-hybridized carbons (Fsp3) is 0.349. The number of aliphatic hydroxyl groups is 2. The number of carbonyl (C=O) groups is 2. The van der Waals surface area contributed by atoms with Crippen molar-refractivity contribution in [2.45, 2.75) is 75.7 Å². The van der Waals surface area contributed by atoms with E-state index in [2.05, 4.69) is 40.9 Å². The summed E-state index contributed by atoms with van der Waals surface area (Å²) in [6.07, 6.45) is 0.618. The predicted molar refractivity (Wildman–Crippen MR) is 221 cm³/mol. The normalized spacial score (nSPS) is 21.2. The summed E-state index contributed by atoms with van der Waals surface area (Å²) in [5.74, 6) is -0.920. The van der Waals surface area contributed by atoms with Crippen LogP contribution >= 0.6 is 0 Å². The van der Waals surface area contributed by atoms with Crippen molar-refractivity contribution in [3.63, 3.8) is 0 Å². The number of rotatable bonds is 14. The van der Waals surface area contributed by atoms with Crippen LogP contribution in [0.1, 0.15) is 48.6 Å². The van der Waals surface area contributed by atoms with E-state index >= 15 is 4.79 Å². The number of methoxy groups -OCH3 is 1. The number of ether oxygens (including phenoxy) is 2. The number of nitrogens with one attached hydrogen (secondary N) is 1. The lowest BCUT2D eigenvalue weighted by molar-refractivity contribution is -0.385. The fourth-order valence-corrected chi connectivity index (χ4v) is 13.0. The number of nitrogens with zero attached hydrogens (tertiary/aromatic N) is 5. The van der Waals surface area contributed by atoms with Crippen LogP contribution in [0.3, 0.4) is 0 Å². The lowest BCUT2D eigenvalue weighted by Gasteiger charge is -2.37. The second-order valence-corrected chi connectivity index (χ2v) is 20.4. The molecular weight excluding hydrogens is 757 g/mol. The van der Waals surface area contributed by atoms with Gasteiger partial charge in [0.1, 0.15) is 11.9 Å². The number of aromatic nitrogens is 3. The Morgan fingerprint density at radius 1 is 1.07 bits per heavy atom. The number of hydrogen-bond donors (Lipinski definition) is 3. The number of benzene rings is 4. The Morgan fingerprint density at radius 3 is 2.48 bits per heavy atom. The Morgan fingerprint density at radius 2 is 1.81 bits per heavy atom. The zero-order valence-corrected chi connectivity index (χ0v) is 34.1. The van der Waals surface area contributed by atoms with Gasteiger partial charge in [0.15, 0.2) is 5.60 Å². The molecule has 1 spiro atoms. The molecule has 3 N–H and O–H groups in total. The van der Waals surface area contributed by atoms with Crippen LogP contribution in [0.15, 0.2) is 103 Å². The Kier molecular flexibility index (Phi) is 11.3. The van der Waals surface area contributed by atoms with Crippen molar-refractivity contribution < 1.29 is 34.2 Å². The van der Waals surface area contributed by atoms with E-state index in [1.165, 1.54) is 19.1 Å². The van der Waals surface area contributed by atoms with Crippen LogP contribution in [0.25, 0.3) is 0 Å². The Bertz CT molecular complexity index is 2300. The van der Waals surface area contributed by atoms with Crippen molar-refractivity contribution in [1.29, 1.82) is 0 Å². The van der Waals surface area contributed by atoms with Crippen molar-refractivity contribution in [3.05, 3.63) is 136 Å². The summed E-state index contributed by atoms with van der Waals surface area (Å²) in [6, 6.07) is 29.2. The van der Waals surface area contributed by atoms with Crippen LogP contribution in [0, 0.1) is 16.0 Å². The number of hydrogen-bond acceptors (Lipinski definition) is 10. The molecule has 15 heteroatoms. The number of nitro benzene ring substituents is 1. The van der Waals surface area contributed by atoms with Crippen LogP contribution in [-0.4, -0.2) is 75.9 Å². The number of aryl methyl sites for hydroxylation is 1. The van der Waals surface area contributed by atoms with Gasteiger partial charge >= 0.3 is 0 Å². The van der Waals surface area contributed by atoms with Crippen LogP contribution in [0.5, 0.6) is 5.75 Å². The largest absolute Gasteiger partial charge is 0.497 e. The highest BCUT2D eigenvalue weighted by Gasteiger charge is 2.66. The van der Waals surface area contributed by atoms with Gasteiger partial charge < -0.3 is 29.9 Å². The quantitative estimate of drug-likeness (QED) is 0.0738. The van der Waals surface area contributed by atoms with Gasteiger partial charge in [0.25, 0.3) is 17.5 Å². The number of amides is 2. The summed E-state index contributed by atoms with van der Waals surface area (Å²) in [4.78, 5) is 40.9. The van der Waals surface area contributed by atoms with Crippen molar-refractivity contribution >= 4 is 42.1 Å². The highest BCUT2D eigenvalue weighted by Crippen LogP contribution is 2.60. The van der Waals surface area contributed by atoms with Gasteiger partial charge in [-0.05, 0) is 60.3 Å². The third kappa shape index (κ3) is 7.41. The van der Waals surface area contributed by atoms with E-state index in [4.69, 9.17) is 9.47 Å². The third-order valence-electron chi connectivity index (χ3n) is 11.9. The summed E-state index contributed by atoms with van der Waals surface area (Å²) in [7, 11) is -0.918. The summed E-state index contributed by atoms with van der Waals surface area (Å²) in [5.41, 5.74) is 1.83. The van der Waals surface area contributed by atoms with Gasteiger partial charge in [0.2, 0.25) is 0 Å². The molecule has 3 heterocycles. The minimum Gasteiger partial charge on any atom is -0.497 e. The van der Waals surface area contributed by atoms with E-state index in [1.807, 2.05) is 61.7 Å². The predicted octanol–water partition coefficient (Wildman–Crippen LogP) is 5.49. The van der Waals surface area contributed by atoms with E-state index < -0.39 is 42.6 Å². The number of fused-ring (bicyclic) bond motifs is 2. The van der Waals surface area contributed by atoms with Crippen molar-refractivity contribution in [2.75, 3.05) is 23.9 Å². The number of aliphatic hydroxyl groups excluding tert-OH is 2. The second-order valence-electron chi connectivity index (χ2n) is 15.7. The lowest BCUT2D eigenvalue weighted by atomic mass is 9.82. The molecule has 1 saturated heterocycles. The number of carbonyl (C=O) groups excluding carboxylic acids is 2. The summed E-state index contributed by atoms with van der Waals surface area (Å²) < 4.78 is 14.4. The summed E-state index contributed by atoms with van der Waals surface area (Å²) in [6.45, 7) is 8.31. The third-order valence-corrected chi connectivity index (χ3v) is 16.2. The minimum atomic E-state index is -2.54. The molecule has 1 unspecified atom stereocenters. The Balaban J connectivity index is 1.27. The molecule has 1 fully saturated rings. The molecule has 4 aromatic carbocycles. The van der Waals surface area contributed by atoms with Crippen LogP contribution in [-0.2, 0) is 33.0 Å². The molecule has 0 aliphatic carbocycles. The first-order valence-electron chi connectivity index (χ1n) is 19.4. The van der Waals surface area contributed by atoms with Gasteiger partial charge in [-0.3, -0.25) is 24.4 Å². The monoisotopic (exact) mass is 804 g/mol. The van der Waals surface area contributed by atoms with Crippen molar-refractivity contribution in [3.8, 4) is 5.75 Å². The van der Waals surface area contributed by atoms with Gasteiger partial charge in [0, 0.05) is 42.0 Å². The molecule has 2 amide bonds. The fourth-order valence-electron chi connectivity index (χ4n) is 8.92. The molecule has 58 heavy (non-hydrogen) atoms. The van der Waals surface area contributed by atoms with Gasteiger partial charge in [-0.15, -0.1) is 5.10 Å². The highest BCUT2D eigenvalue weighted by atomic mass is 28.3. The molecule has 6 atom stereocenters. The van der Waals surface area contributed by atoms with E-state index in [9.17, 15) is 25.1 Å². The molecule has 0 radical (unpaired) electrons. The zero-order chi connectivity index (χ0) is 41.4. The molecule has 14 nitrogen and oxygen atoms in total. The smallest absolute Gasteiger partial charge is 0.269 e. The zero-order valence-electron chi connectivity index (χ0n) is 33.1. The maximum atomic E-state index is 15.3. The van der Waals surface area contributed by atoms with E-state index in [0.29, 0.717) is 41.2 Å². The molecule has 1 aromatic heterocycles. The van der Waals surface area contributed by atoms with E-state index in [-0.39, 0.29) is 36.2 Å². The van der Waals surface area contributed by atoms with E-state index in [1.54, 1.807) is 41.0 Å². The summed E-state index contributed by atoms with van der Waals surface area (Å²) >= 11 is 0. The average molecular weight is 805 g/mol. The number of nitro groups is 1. The standard InChI is InChI=1S/C43H48N6O8Si/c1-27-40(58(4,5)34-17-15-33(56-3)16-18-34)39(20-21-47-25-37(45-46-47)35(26-50)30-11-7-6-8-12-30)57-43(27)36-23-32(49(54)55)14-19-38(36)48(42(43)53)24-29-10-9-13-31(22-29)44-41(52)28(2)51/h6-19,22-23,25,27-28,35,39-40,50-51H,20-21,24,26H2,1-5H3,(H,44,52)/t27-,28+,35?,39+,40-,43+/m1/s1. The van der Waals surface area contributed by atoms with Crippen LogP contribution in [0.4, 0.5) is 17.1 Å². The number of non-ortho nitro benzene ring substituents is 1. The Hall–Kier alpha value is -5.74. The van der Waals surface area contributed by atoms with Gasteiger partial charge in [-0.1, -0.05) is 85.0 Å². The molecule has 2 aliphatic rings. The molecule has 5 aromatic rings. The molecule has 2 aliphatic heterocycles.